The predicted octanol–water partition coefficient (Wildman–Crippen LogP) is 3.74. The van der Waals surface area contributed by atoms with E-state index >= 15 is 0 Å². The average Bonchev–Trinajstić information content (AvgIpc) is 2.08. The Morgan fingerprint density at radius 1 is 1.42 bits per heavy atom. The van der Waals surface area contributed by atoms with Crippen LogP contribution in [0.15, 0.2) is 4.21 Å². The van der Waals surface area contributed by atoms with E-state index in [0.717, 1.165) is 0 Å². The molecule has 7 heteroatoms. The smallest absolute Gasteiger partial charge is 0.219 e. The summed E-state index contributed by atoms with van der Waals surface area (Å²) >= 11 is 9.49. The van der Waals surface area contributed by atoms with Crippen LogP contribution in [0.5, 0.6) is 0 Å². The van der Waals surface area contributed by atoms with Gasteiger partial charge in [0.25, 0.3) is 0 Å². The monoisotopic (exact) mass is 235 g/mol. The van der Waals surface area contributed by atoms with Crippen LogP contribution in [-0.2, 0) is 6.18 Å². The molecular weight excluding hydrogens is 231 g/mol. The summed E-state index contributed by atoms with van der Waals surface area (Å²) in [4.78, 5) is 3.06. The highest BCUT2D eigenvalue weighted by molar-refractivity contribution is 7.83. The van der Waals surface area contributed by atoms with E-state index in [2.05, 4.69) is 17.6 Å². The molecule has 1 aromatic rings. The molecule has 0 saturated heterocycles. The molecule has 0 aliphatic carbocycles. The molecule has 0 saturated carbocycles. The van der Waals surface area contributed by atoms with Crippen LogP contribution in [0.2, 0.25) is 4.47 Å². The highest BCUT2D eigenvalue weighted by Gasteiger charge is 2.36. The van der Waals surface area contributed by atoms with E-state index in [0.29, 0.717) is 11.3 Å². The van der Waals surface area contributed by atoms with Gasteiger partial charge in [0.05, 0.1) is 4.21 Å². The number of rotatable bonds is 0. The molecule has 0 amide bonds. The predicted molar refractivity (Wildman–Crippen MR) is 46.1 cm³/mol. The fraction of sp³-hybridized carbons (Fsp3) is 0.400. The van der Waals surface area contributed by atoms with Crippen molar-refractivity contribution in [3.8, 4) is 0 Å². The molecule has 0 spiro atoms. The lowest BCUT2D eigenvalue weighted by atomic mass is 10.5. The van der Waals surface area contributed by atoms with Gasteiger partial charge in [0.2, 0.25) is 0 Å². The van der Waals surface area contributed by atoms with E-state index in [9.17, 15) is 13.2 Å². The maximum atomic E-state index is 11.9. The summed E-state index contributed by atoms with van der Waals surface area (Å²) in [6.07, 6.45) is -4.46. The number of thiazole rings is 1. The second-order valence-corrected chi connectivity index (χ2v) is 3.95. The molecule has 0 aromatic carbocycles. The third-order valence-electron chi connectivity index (χ3n) is 0.852. The summed E-state index contributed by atoms with van der Waals surface area (Å²) in [6, 6.07) is 0. The van der Waals surface area contributed by atoms with Crippen molar-refractivity contribution in [3.05, 3.63) is 10.2 Å². The van der Waals surface area contributed by atoms with Crippen molar-refractivity contribution >= 4 is 35.6 Å². The number of hydrogen-bond donors (Lipinski definition) is 1. The van der Waals surface area contributed by atoms with E-state index in [1.165, 1.54) is 0 Å². The van der Waals surface area contributed by atoms with E-state index in [-0.39, 0.29) is 16.1 Å². The molecule has 12 heavy (non-hydrogen) atoms. The number of hydrogen-bond acceptors (Lipinski definition) is 3. The fourth-order valence-corrected chi connectivity index (χ4v) is 1.94. The summed E-state index contributed by atoms with van der Waals surface area (Å²) in [6.45, 7) is 0. The van der Waals surface area contributed by atoms with Crippen LogP contribution < -0.4 is 0 Å². The van der Waals surface area contributed by atoms with Crippen LogP contribution in [0.3, 0.4) is 0 Å². The molecule has 0 fully saturated rings. The Hall–Kier alpha value is 0.0600. The molecule has 0 aliphatic heterocycles. The number of nitrogens with zero attached hydrogens (tertiary/aromatic N) is 1. The summed E-state index contributed by atoms with van der Waals surface area (Å²) < 4.78 is 35.3. The minimum absolute atomic E-state index is 0. The first-order valence-electron chi connectivity index (χ1n) is 2.33. The Balaban J connectivity index is 0.00000121. The lowest BCUT2D eigenvalue weighted by Crippen LogP contribution is -2.05. The van der Waals surface area contributed by atoms with Crippen LogP contribution in [-0.4, -0.2) is 4.98 Å². The van der Waals surface area contributed by atoms with Gasteiger partial charge in [-0.05, 0) is 0 Å². The summed E-state index contributed by atoms with van der Waals surface area (Å²) in [5.41, 5.74) is -1.02. The molecule has 1 nitrogen and oxygen atoms in total. The van der Waals surface area contributed by atoms with Crippen molar-refractivity contribution < 1.29 is 13.2 Å². The normalized spacial score (nSPS) is 11.1. The van der Waals surface area contributed by atoms with Crippen LogP contribution >= 0.6 is 35.6 Å². The van der Waals surface area contributed by atoms with Gasteiger partial charge >= 0.3 is 6.18 Å². The average molecular weight is 236 g/mol. The zero-order valence-corrected chi connectivity index (χ0v) is 7.28. The Kier molecular flexibility index (Phi) is 3.87. The van der Waals surface area contributed by atoms with Gasteiger partial charge in [-0.3, -0.25) is 0 Å². The van der Waals surface area contributed by atoms with Gasteiger partial charge < -0.3 is 0 Å². The lowest BCUT2D eigenvalue weighted by molar-refractivity contribution is -0.142. The lowest BCUT2D eigenvalue weighted by Gasteiger charge is -2.00. The molecule has 0 bridgehead atoms. The number of alkyl halides is 3. The third-order valence-corrected chi connectivity index (χ3v) is 2.30. The van der Waals surface area contributed by atoms with Crippen molar-refractivity contribution in [2.24, 2.45) is 0 Å². The molecule has 1 aromatic heterocycles. The minimum Gasteiger partial charge on any atom is -0.219 e. The van der Waals surface area contributed by atoms with E-state index in [1.807, 2.05) is 0 Å². The first kappa shape index (κ1) is 12.1. The third kappa shape index (κ3) is 2.53. The Morgan fingerprint density at radius 2 is 1.92 bits per heavy atom. The molecule has 0 atom stereocenters. The first-order valence-corrected chi connectivity index (χ1v) is 3.98. The van der Waals surface area contributed by atoms with Crippen molar-refractivity contribution in [2.75, 3.05) is 0 Å². The number of aromatic nitrogens is 1. The second-order valence-electron chi connectivity index (χ2n) is 1.62. The van der Waals surface area contributed by atoms with Gasteiger partial charge in [0.15, 0.2) is 10.2 Å². The van der Waals surface area contributed by atoms with E-state index in [4.69, 9.17) is 11.6 Å². The van der Waals surface area contributed by atoms with E-state index in [1.54, 1.807) is 0 Å². The maximum absolute atomic E-state index is 11.9. The first-order chi connectivity index (χ1) is 4.91. The maximum Gasteiger partial charge on any atom is 0.435 e. The quantitative estimate of drug-likeness (QED) is 0.676. The minimum atomic E-state index is -4.46. The van der Waals surface area contributed by atoms with Crippen molar-refractivity contribution in [2.45, 2.75) is 17.8 Å². The SMILES string of the molecule is C.FC(F)(F)c1nc(Cl)sc1S. The molecular formula is C5H5ClF3NS2. The van der Waals surface area contributed by atoms with Gasteiger partial charge in [0.1, 0.15) is 0 Å². The molecule has 1 rings (SSSR count). The van der Waals surface area contributed by atoms with Crippen molar-refractivity contribution in [1.29, 1.82) is 0 Å². The molecule has 0 N–H and O–H groups in total. The molecule has 0 radical (unpaired) electrons. The van der Waals surface area contributed by atoms with Crippen molar-refractivity contribution in [1.82, 2.24) is 4.98 Å². The van der Waals surface area contributed by atoms with Gasteiger partial charge in [0, 0.05) is 0 Å². The molecule has 0 aliphatic rings. The van der Waals surface area contributed by atoms with Gasteiger partial charge in [-0.25, -0.2) is 4.98 Å². The summed E-state index contributed by atoms with van der Waals surface area (Å²) in [5, 5.41) is 0. The highest BCUT2D eigenvalue weighted by atomic mass is 35.5. The van der Waals surface area contributed by atoms with Crippen LogP contribution in [0, 0.1) is 0 Å². The largest absolute Gasteiger partial charge is 0.435 e. The summed E-state index contributed by atoms with van der Waals surface area (Å²) in [7, 11) is 0. The Bertz CT molecular complexity index is 270. The van der Waals surface area contributed by atoms with Crippen LogP contribution in [0.1, 0.15) is 13.1 Å². The van der Waals surface area contributed by atoms with Crippen LogP contribution in [0.4, 0.5) is 13.2 Å². The van der Waals surface area contributed by atoms with Crippen molar-refractivity contribution in [3.63, 3.8) is 0 Å². The van der Waals surface area contributed by atoms with Gasteiger partial charge in [-0.2, -0.15) is 13.2 Å². The number of thiol groups is 1. The van der Waals surface area contributed by atoms with Gasteiger partial charge in [-0.1, -0.05) is 30.4 Å². The van der Waals surface area contributed by atoms with Gasteiger partial charge in [-0.15, -0.1) is 12.6 Å². The van der Waals surface area contributed by atoms with E-state index < -0.39 is 11.9 Å². The van der Waals surface area contributed by atoms with Crippen LogP contribution in [0.25, 0.3) is 0 Å². The zero-order valence-electron chi connectivity index (χ0n) is 4.81. The highest BCUT2D eigenvalue weighted by Crippen LogP contribution is 2.37. The second kappa shape index (κ2) is 3.85. The summed E-state index contributed by atoms with van der Waals surface area (Å²) in [5.74, 6) is 0. The standard InChI is InChI=1S/C4HClF3NS2.CH4/c5-3-9-1(2(10)11-3)4(6,7)8;/h10H;1H4. The Morgan fingerprint density at radius 3 is 2.08 bits per heavy atom. The molecule has 0 unspecified atom stereocenters. The topological polar surface area (TPSA) is 12.9 Å². The molecule has 70 valence electrons. The Labute approximate surface area is 82.0 Å². The zero-order chi connectivity index (χ0) is 8.65. The fourth-order valence-electron chi connectivity index (χ4n) is 0.471. The molecule has 1 heterocycles. The number of halogens is 4.